The molecule has 0 aromatic heterocycles. The van der Waals surface area contributed by atoms with Gasteiger partial charge in [-0.25, -0.2) is 0 Å². The van der Waals surface area contributed by atoms with Gasteiger partial charge in [0.1, 0.15) is 11.9 Å². The topological polar surface area (TPSA) is 21.3 Å². The van der Waals surface area contributed by atoms with Gasteiger partial charge in [0.25, 0.3) is 0 Å². The monoisotopic (exact) mass is 221 g/mol. The van der Waals surface area contributed by atoms with Crippen LogP contribution in [0.15, 0.2) is 24.3 Å². The predicted octanol–water partition coefficient (Wildman–Crippen LogP) is 3.19. The number of hydrogen-bond acceptors (Lipinski definition) is 2. The third-order valence-electron chi connectivity index (χ3n) is 3.01. The fourth-order valence-electron chi connectivity index (χ4n) is 1.50. The van der Waals surface area contributed by atoms with E-state index in [4.69, 9.17) is 4.74 Å². The van der Waals surface area contributed by atoms with Crippen LogP contribution in [0.2, 0.25) is 0 Å². The van der Waals surface area contributed by atoms with Gasteiger partial charge in [-0.1, -0.05) is 26.0 Å². The van der Waals surface area contributed by atoms with Crippen LogP contribution in [0.4, 0.5) is 0 Å². The Morgan fingerprint density at radius 2 is 1.81 bits per heavy atom. The summed E-state index contributed by atoms with van der Waals surface area (Å²) in [6.07, 6.45) is 0.174. The van der Waals surface area contributed by atoms with Crippen molar-refractivity contribution in [3.05, 3.63) is 29.8 Å². The van der Waals surface area contributed by atoms with Crippen molar-refractivity contribution in [1.29, 1.82) is 0 Å². The maximum Gasteiger partial charge on any atom is 0.120 e. The normalized spacial score (nSPS) is 14.9. The Morgan fingerprint density at radius 1 is 1.12 bits per heavy atom. The average molecular weight is 221 g/mol. The maximum atomic E-state index is 5.90. The summed E-state index contributed by atoms with van der Waals surface area (Å²) in [6.45, 7) is 8.59. The van der Waals surface area contributed by atoms with Gasteiger partial charge in [-0.15, -0.1) is 0 Å². The third kappa shape index (κ3) is 3.53. The van der Waals surface area contributed by atoms with Crippen molar-refractivity contribution in [2.45, 2.75) is 45.8 Å². The Labute approximate surface area is 99.0 Å². The number of benzene rings is 1. The van der Waals surface area contributed by atoms with Crippen molar-refractivity contribution in [3.63, 3.8) is 0 Å². The molecule has 2 heteroatoms. The quantitative estimate of drug-likeness (QED) is 0.824. The van der Waals surface area contributed by atoms with Gasteiger partial charge >= 0.3 is 0 Å². The molecule has 0 fully saturated rings. The number of rotatable bonds is 5. The summed E-state index contributed by atoms with van der Waals surface area (Å²) in [5, 5.41) is 3.20. The van der Waals surface area contributed by atoms with Gasteiger partial charge in [-0.2, -0.15) is 0 Å². The number of hydrogen-bond donors (Lipinski definition) is 1. The third-order valence-corrected chi connectivity index (χ3v) is 3.01. The molecule has 1 aromatic carbocycles. The van der Waals surface area contributed by atoms with Crippen LogP contribution in [-0.4, -0.2) is 19.2 Å². The molecule has 1 N–H and O–H groups in total. The number of likely N-dealkylation sites (N-methyl/N-ethyl adjacent to an activating group) is 1. The van der Waals surface area contributed by atoms with Crippen molar-refractivity contribution < 1.29 is 4.74 Å². The van der Waals surface area contributed by atoms with Gasteiger partial charge in [0.05, 0.1) is 0 Å². The predicted molar refractivity (Wildman–Crippen MR) is 69.1 cm³/mol. The van der Waals surface area contributed by atoms with E-state index >= 15 is 0 Å². The molecule has 0 saturated carbocycles. The zero-order valence-electron chi connectivity index (χ0n) is 10.9. The van der Waals surface area contributed by atoms with E-state index in [1.165, 1.54) is 5.56 Å². The molecule has 90 valence electrons. The second kappa shape index (κ2) is 5.90. The van der Waals surface area contributed by atoms with Gasteiger partial charge in [0, 0.05) is 6.04 Å². The van der Waals surface area contributed by atoms with Gasteiger partial charge in [-0.05, 0) is 44.5 Å². The van der Waals surface area contributed by atoms with Crippen LogP contribution in [0.1, 0.15) is 39.2 Å². The Bertz CT molecular complexity index is 322. The smallest absolute Gasteiger partial charge is 0.120 e. The van der Waals surface area contributed by atoms with E-state index in [-0.39, 0.29) is 6.10 Å². The molecule has 0 heterocycles. The Balaban J connectivity index is 2.70. The summed E-state index contributed by atoms with van der Waals surface area (Å²) in [7, 11) is 1.95. The fourth-order valence-corrected chi connectivity index (χ4v) is 1.50. The first-order valence-electron chi connectivity index (χ1n) is 5.98. The second-order valence-corrected chi connectivity index (χ2v) is 4.63. The lowest BCUT2D eigenvalue weighted by Crippen LogP contribution is -2.36. The summed E-state index contributed by atoms with van der Waals surface area (Å²) in [6, 6.07) is 8.70. The van der Waals surface area contributed by atoms with Crippen molar-refractivity contribution in [3.8, 4) is 5.75 Å². The maximum absolute atomic E-state index is 5.90. The first-order valence-corrected chi connectivity index (χ1v) is 5.98. The van der Waals surface area contributed by atoms with Crippen LogP contribution in [0, 0.1) is 0 Å². The lowest BCUT2D eigenvalue weighted by molar-refractivity contribution is 0.182. The van der Waals surface area contributed by atoms with Crippen LogP contribution in [0.3, 0.4) is 0 Å². The van der Waals surface area contributed by atoms with E-state index in [0.29, 0.717) is 12.0 Å². The highest BCUT2D eigenvalue weighted by Gasteiger charge is 2.11. The van der Waals surface area contributed by atoms with Crippen LogP contribution >= 0.6 is 0 Å². The molecule has 0 amide bonds. The van der Waals surface area contributed by atoms with Gasteiger partial charge in [0.15, 0.2) is 0 Å². The molecule has 2 atom stereocenters. The molecule has 1 rings (SSSR count). The van der Waals surface area contributed by atoms with E-state index in [0.717, 1.165) is 5.75 Å². The zero-order valence-corrected chi connectivity index (χ0v) is 10.9. The van der Waals surface area contributed by atoms with Crippen LogP contribution in [0.5, 0.6) is 5.75 Å². The van der Waals surface area contributed by atoms with Crippen molar-refractivity contribution in [1.82, 2.24) is 5.32 Å². The van der Waals surface area contributed by atoms with E-state index < -0.39 is 0 Å². The molecule has 16 heavy (non-hydrogen) atoms. The first-order chi connectivity index (χ1) is 7.54. The molecule has 0 bridgehead atoms. The Hall–Kier alpha value is -1.02. The molecule has 0 saturated heterocycles. The van der Waals surface area contributed by atoms with Crippen molar-refractivity contribution >= 4 is 0 Å². The summed E-state index contributed by atoms with van der Waals surface area (Å²) >= 11 is 0. The van der Waals surface area contributed by atoms with E-state index in [9.17, 15) is 0 Å². The standard InChI is InChI=1S/C14H23NO/c1-10(2)13-7-6-8-14(9-13)16-12(4)11(3)15-5/h6-12,15H,1-5H3. The molecule has 0 aliphatic carbocycles. The fraction of sp³-hybridized carbons (Fsp3) is 0.571. The van der Waals surface area contributed by atoms with Crippen molar-refractivity contribution in [2.75, 3.05) is 7.05 Å². The van der Waals surface area contributed by atoms with Gasteiger partial charge < -0.3 is 10.1 Å². The molecule has 2 nitrogen and oxygen atoms in total. The average Bonchev–Trinajstić information content (AvgIpc) is 2.28. The van der Waals surface area contributed by atoms with Crippen LogP contribution in [-0.2, 0) is 0 Å². The molecule has 0 radical (unpaired) electrons. The highest BCUT2D eigenvalue weighted by atomic mass is 16.5. The molecule has 2 unspecified atom stereocenters. The molecular weight excluding hydrogens is 198 g/mol. The minimum Gasteiger partial charge on any atom is -0.489 e. The van der Waals surface area contributed by atoms with E-state index in [1.54, 1.807) is 0 Å². The first kappa shape index (κ1) is 13.0. The van der Waals surface area contributed by atoms with Crippen LogP contribution < -0.4 is 10.1 Å². The largest absolute Gasteiger partial charge is 0.489 e. The lowest BCUT2D eigenvalue weighted by atomic mass is 10.0. The minimum absolute atomic E-state index is 0.174. The highest BCUT2D eigenvalue weighted by Crippen LogP contribution is 2.21. The Morgan fingerprint density at radius 3 is 2.38 bits per heavy atom. The second-order valence-electron chi connectivity index (χ2n) is 4.63. The molecule has 1 aromatic rings. The summed E-state index contributed by atoms with van der Waals surface area (Å²) in [5.74, 6) is 1.50. The summed E-state index contributed by atoms with van der Waals surface area (Å²) in [4.78, 5) is 0. The summed E-state index contributed by atoms with van der Waals surface area (Å²) < 4.78 is 5.90. The minimum atomic E-state index is 0.174. The van der Waals surface area contributed by atoms with E-state index in [1.807, 2.05) is 13.1 Å². The molecule has 0 spiro atoms. The highest BCUT2D eigenvalue weighted by molar-refractivity contribution is 5.30. The summed E-state index contributed by atoms with van der Waals surface area (Å²) in [5.41, 5.74) is 1.32. The molecule has 0 aliphatic rings. The van der Waals surface area contributed by atoms with Crippen molar-refractivity contribution in [2.24, 2.45) is 0 Å². The Kier molecular flexibility index (Phi) is 4.81. The van der Waals surface area contributed by atoms with Gasteiger partial charge in [0.2, 0.25) is 0 Å². The van der Waals surface area contributed by atoms with Gasteiger partial charge in [-0.3, -0.25) is 0 Å². The SMILES string of the molecule is CNC(C)C(C)Oc1cccc(C(C)C)c1. The zero-order chi connectivity index (χ0) is 12.1. The van der Waals surface area contributed by atoms with E-state index in [2.05, 4.69) is 51.2 Å². The number of nitrogens with one attached hydrogen (secondary N) is 1. The van der Waals surface area contributed by atoms with Crippen LogP contribution in [0.25, 0.3) is 0 Å². The molecule has 0 aliphatic heterocycles. The lowest BCUT2D eigenvalue weighted by Gasteiger charge is -2.21. The number of ether oxygens (including phenoxy) is 1. The molecular formula is C14H23NO.